The highest BCUT2D eigenvalue weighted by Gasteiger charge is 2.75. The van der Waals surface area contributed by atoms with E-state index in [9.17, 15) is 19.8 Å². The summed E-state index contributed by atoms with van der Waals surface area (Å²) in [4.78, 5) is 26.3. The standard InChI is InChI=1S/C30H48O5/c1-18(2)24(33)30(34)21-9-8-20-26(5)12-11-22(31)25(3,4)19(26)10-13-27(20,6)28(21,7)14-15-29(30)16-23(32)35-17-29/h18-22,31,34H,8-17H2,1-7H3/t19?,20-,21?,22+,26+,27-,28-,29+,30+/m1/s1. The minimum atomic E-state index is -1.53. The molecule has 4 aliphatic carbocycles. The van der Waals surface area contributed by atoms with E-state index in [1.807, 2.05) is 13.8 Å². The zero-order chi connectivity index (χ0) is 25.8. The Labute approximate surface area is 211 Å². The van der Waals surface area contributed by atoms with Crippen LogP contribution >= 0.6 is 0 Å². The Morgan fingerprint density at radius 1 is 0.886 bits per heavy atom. The molecule has 5 nitrogen and oxygen atoms in total. The van der Waals surface area contributed by atoms with Crippen LogP contribution in [-0.4, -0.2) is 40.3 Å². The number of rotatable bonds is 2. The van der Waals surface area contributed by atoms with Crippen LogP contribution in [0, 0.1) is 50.7 Å². The van der Waals surface area contributed by atoms with E-state index < -0.39 is 11.0 Å². The summed E-state index contributed by atoms with van der Waals surface area (Å²) in [5, 5.41) is 23.5. The lowest BCUT2D eigenvalue weighted by atomic mass is 9.31. The van der Waals surface area contributed by atoms with E-state index in [0.717, 1.165) is 44.9 Å². The Bertz CT molecular complexity index is 926. The van der Waals surface area contributed by atoms with Gasteiger partial charge in [0.15, 0.2) is 5.78 Å². The number of Topliss-reactive ketones (excluding diaryl/α,β-unsaturated/α-hetero) is 1. The first-order chi connectivity index (χ1) is 16.1. The van der Waals surface area contributed by atoms with Crippen LogP contribution in [0.4, 0.5) is 0 Å². The fraction of sp³-hybridized carbons (Fsp3) is 0.933. The van der Waals surface area contributed by atoms with Crippen molar-refractivity contribution in [1.82, 2.24) is 0 Å². The molecule has 5 aliphatic rings. The number of esters is 1. The zero-order valence-electron chi connectivity index (χ0n) is 23.1. The van der Waals surface area contributed by atoms with Crippen molar-refractivity contribution in [2.75, 3.05) is 6.61 Å². The molecule has 0 bridgehead atoms. The smallest absolute Gasteiger partial charge is 0.306 e. The molecule has 1 spiro atoms. The predicted molar refractivity (Wildman–Crippen MR) is 134 cm³/mol. The Morgan fingerprint density at radius 2 is 1.51 bits per heavy atom. The number of ketones is 1. The van der Waals surface area contributed by atoms with E-state index in [-0.39, 0.29) is 64.4 Å². The number of hydrogen-bond donors (Lipinski definition) is 2. The van der Waals surface area contributed by atoms with Gasteiger partial charge in [0.05, 0.1) is 17.9 Å². The Kier molecular flexibility index (Phi) is 5.55. The molecule has 5 heteroatoms. The van der Waals surface area contributed by atoms with E-state index >= 15 is 0 Å². The number of carbonyl (C=O) groups excluding carboxylic acids is 2. The van der Waals surface area contributed by atoms with Gasteiger partial charge in [0, 0.05) is 11.8 Å². The van der Waals surface area contributed by atoms with Crippen molar-refractivity contribution in [3.63, 3.8) is 0 Å². The van der Waals surface area contributed by atoms with Crippen LogP contribution in [0.25, 0.3) is 0 Å². The molecule has 2 unspecified atom stereocenters. The molecule has 1 saturated heterocycles. The lowest BCUT2D eigenvalue weighted by Gasteiger charge is -2.73. The SMILES string of the molecule is CC(C)C(=O)[C@@]1(O)C2CC[C@@H]3[C@@]4(C)CC[C@H](O)C(C)(C)C4CC[C@@]3(C)[C@]2(C)CC[C@]12COC(=O)C2. The van der Waals surface area contributed by atoms with Gasteiger partial charge in [-0.1, -0.05) is 48.5 Å². The molecule has 35 heavy (non-hydrogen) atoms. The zero-order valence-corrected chi connectivity index (χ0v) is 23.1. The van der Waals surface area contributed by atoms with Gasteiger partial charge in [-0.3, -0.25) is 9.59 Å². The van der Waals surface area contributed by atoms with E-state index in [1.165, 1.54) is 0 Å². The third kappa shape index (κ3) is 2.95. The fourth-order valence-electron chi connectivity index (χ4n) is 11.0. The molecule has 1 heterocycles. The van der Waals surface area contributed by atoms with Crippen LogP contribution in [0.3, 0.4) is 0 Å². The molecule has 198 valence electrons. The van der Waals surface area contributed by atoms with E-state index in [1.54, 1.807) is 0 Å². The molecule has 0 aromatic carbocycles. The summed E-state index contributed by atoms with van der Waals surface area (Å²) in [5.74, 6) is 0.126. The quantitative estimate of drug-likeness (QED) is 0.515. The number of hydrogen-bond acceptors (Lipinski definition) is 5. The Balaban J connectivity index is 1.60. The number of aliphatic hydroxyl groups excluding tert-OH is 1. The maximum absolute atomic E-state index is 13.9. The van der Waals surface area contributed by atoms with E-state index in [4.69, 9.17) is 4.74 Å². The van der Waals surface area contributed by atoms with Gasteiger partial charge in [-0.15, -0.1) is 0 Å². The summed E-state index contributed by atoms with van der Waals surface area (Å²) in [5.41, 5.74) is -2.48. The van der Waals surface area contributed by atoms with Gasteiger partial charge in [-0.2, -0.15) is 0 Å². The predicted octanol–water partition coefficient (Wildman–Crippen LogP) is 5.31. The molecular weight excluding hydrogens is 440 g/mol. The normalized spacial score (nSPS) is 53.0. The lowest BCUT2D eigenvalue weighted by molar-refractivity contribution is -0.278. The van der Waals surface area contributed by atoms with Gasteiger partial charge in [-0.25, -0.2) is 0 Å². The molecule has 0 amide bonds. The third-order valence-electron chi connectivity index (χ3n) is 13.2. The van der Waals surface area contributed by atoms with Crippen LogP contribution in [0.15, 0.2) is 0 Å². The molecule has 5 rings (SSSR count). The largest absolute Gasteiger partial charge is 0.465 e. The summed E-state index contributed by atoms with van der Waals surface area (Å²) >= 11 is 0. The molecule has 9 atom stereocenters. The van der Waals surface area contributed by atoms with Gasteiger partial charge in [0.2, 0.25) is 0 Å². The first-order valence-corrected chi connectivity index (χ1v) is 14.2. The fourth-order valence-corrected chi connectivity index (χ4v) is 11.0. The Morgan fingerprint density at radius 3 is 2.11 bits per heavy atom. The highest BCUT2D eigenvalue weighted by atomic mass is 16.5. The topological polar surface area (TPSA) is 83.8 Å². The summed E-state index contributed by atoms with van der Waals surface area (Å²) in [6, 6.07) is 0. The molecular formula is C30H48O5. The molecule has 4 saturated carbocycles. The van der Waals surface area contributed by atoms with Crippen molar-refractivity contribution in [3.8, 4) is 0 Å². The van der Waals surface area contributed by atoms with E-state index in [2.05, 4.69) is 34.6 Å². The van der Waals surface area contributed by atoms with Gasteiger partial charge in [-0.05, 0) is 84.9 Å². The highest BCUT2D eigenvalue weighted by Crippen LogP contribution is 2.76. The average molecular weight is 489 g/mol. The van der Waals surface area contributed by atoms with Gasteiger partial charge in [0.1, 0.15) is 12.2 Å². The van der Waals surface area contributed by atoms with Crippen molar-refractivity contribution >= 4 is 11.8 Å². The lowest BCUT2D eigenvalue weighted by Crippen LogP contribution is -2.73. The molecule has 2 N–H and O–H groups in total. The second-order valence-electron chi connectivity index (χ2n) is 14.9. The maximum atomic E-state index is 13.9. The first-order valence-electron chi connectivity index (χ1n) is 14.2. The van der Waals surface area contributed by atoms with Gasteiger partial charge >= 0.3 is 5.97 Å². The van der Waals surface area contributed by atoms with Gasteiger partial charge < -0.3 is 14.9 Å². The second-order valence-corrected chi connectivity index (χ2v) is 14.9. The number of aliphatic hydroxyl groups is 2. The number of fused-ring (bicyclic) bond motifs is 5. The van der Waals surface area contributed by atoms with Crippen LogP contribution in [0.5, 0.6) is 0 Å². The van der Waals surface area contributed by atoms with Gasteiger partial charge in [0.25, 0.3) is 0 Å². The minimum Gasteiger partial charge on any atom is -0.465 e. The second kappa shape index (κ2) is 7.56. The molecule has 0 aromatic heterocycles. The van der Waals surface area contributed by atoms with Crippen molar-refractivity contribution < 1.29 is 24.5 Å². The number of ether oxygens (including phenoxy) is 1. The third-order valence-corrected chi connectivity index (χ3v) is 13.2. The van der Waals surface area contributed by atoms with Crippen LogP contribution in [-0.2, 0) is 14.3 Å². The minimum absolute atomic E-state index is 0.00411. The molecule has 1 aliphatic heterocycles. The van der Waals surface area contributed by atoms with Crippen LogP contribution in [0.1, 0.15) is 106 Å². The van der Waals surface area contributed by atoms with Crippen molar-refractivity contribution in [2.24, 2.45) is 50.7 Å². The van der Waals surface area contributed by atoms with Crippen molar-refractivity contribution in [3.05, 3.63) is 0 Å². The van der Waals surface area contributed by atoms with Crippen molar-refractivity contribution in [1.29, 1.82) is 0 Å². The summed E-state index contributed by atoms with van der Waals surface area (Å²) in [6.07, 6.45) is 7.33. The number of carbonyl (C=O) groups is 2. The summed E-state index contributed by atoms with van der Waals surface area (Å²) < 4.78 is 5.46. The average Bonchev–Trinajstić information content (AvgIpc) is 3.16. The van der Waals surface area contributed by atoms with E-state index in [0.29, 0.717) is 18.3 Å². The van der Waals surface area contributed by atoms with Crippen molar-refractivity contribution in [2.45, 2.75) is 118 Å². The number of cyclic esters (lactones) is 1. The summed E-state index contributed by atoms with van der Waals surface area (Å²) in [6.45, 7) is 15.8. The molecule has 0 aromatic rings. The Hall–Kier alpha value is -0.940. The first kappa shape index (κ1) is 25.7. The van der Waals surface area contributed by atoms with Crippen LogP contribution < -0.4 is 0 Å². The summed E-state index contributed by atoms with van der Waals surface area (Å²) in [7, 11) is 0. The molecule has 5 fully saturated rings. The monoisotopic (exact) mass is 488 g/mol. The maximum Gasteiger partial charge on any atom is 0.306 e. The van der Waals surface area contributed by atoms with Crippen LogP contribution in [0.2, 0.25) is 0 Å². The highest BCUT2D eigenvalue weighted by molar-refractivity contribution is 5.92. The molecule has 0 radical (unpaired) electrons.